The topological polar surface area (TPSA) is 92.4 Å². The summed E-state index contributed by atoms with van der Waals surface area (Å²) in [5.41, 5.74) is 2.04. The van der Waals surface area contributed by atoms with E-state index in [4.69, 9.17) is 4.74 Å². The van der Waals surface area contributed by atoms with Crippen molar-refractivity contribution in [3.63, 3.8) is 0 Å². The molecule has 132 valence electrons. The van der Waals surface area contributed by atoms with E-state index in [1.807, 2.05) is 25.1 Å². The molecule has 1 fully saturated rings. The van der Waals surface area contributed by atoms with E-state index in [9.17, 15) is 9.59 Å². The summed E-state index contributed by atoms with van der Waals surface area (Å²) in [4.78, 5) is 28.2. The molecule has 1 aromatic heterocycles. The predicted molar refractivity (Wildman–Crippen MR) is 97.2 cm³/mol. The maximum absolute atomic E-state index is 12.1. The lowest BCUT2D eigenvalue weighted by atomic mass is 10.2. The Hall–Kier alpha value is -2.45. The number of rotatable bonds is 5. The monoisotopic (exact) mass is 360 g/mol. The largest absolute Gasteiger partial charge is 0.376 e. The molecular formula is C17H20N4O3S. The summed E-state index contributed by atoms with van der Waals surface area (Å²) >= 11 is 1.20. The fourth-order valence-electron chi connectivity index (χ4n) is 2.52. The van der Waals surface area contributed by atoms with Crippen LogP contribution in [0.15, 0.2) is 29.6 Å². The number of nitrogens with one attached hydrogen (secondary N) is 3. The van der Waals surface area contributed by atoms with Gasteiger partial charge in [-0.15, -0.1) is 11.3 Å². The van der Waals surface area contributed by atoms with Crippen molar-refractivity contribution in [2.75, 3.05) is 23.8 Å². The summed E-state index contributed by atoms with van der Waals surface area (Å²) in [5, 5.41) is 10.2. The van der Waals surface area contributed by atoms with Gasteiger partial charge in [0.05, 0.1) is 6.10 Å². The van der Waals surface area contributed by atoms with Crippen LogP contribution < -0.4 is 16.0 Å². The zero-order valence-corrected chi connectivity index (χ0v) is 14.7. The fraction of sp³-hybridized carbons (Fsp3) is 0.353. The van der Waals surface area contributed by atoms with Gasteiger partial charge in [0.2, 0.25) is 0 Å². The third-order valence-electron chi connectivity index (χ3n) is 3.75. The van der Waals surface area contributed by atoms with Crippen molar-refractivity contribution in [2.45, 2.75) is 25.9 Å². The van der Waals surface area contributed by atoms with Gasteiger partial charge in [0.25, 0.3) is 5.91 Å². The van der Waals surface area contributed by atoms with Gasteiger partial charge < -0.3 is 15.4 Å². The zero-order valence-electron chi connectivity index (χ0n) is 13.9. The van der Waals surface area contributed by atoms with Crippen LogP contribution in [0.1, 0.15) is 28.9 Å². The van der Waals surface area contributed by atoms with Crippen LogP contribution in [0.4, 0.5) is 15.6 Å². The number of amides is 3. The summed E-state index contributed by atoms with van der Waals surface area (Å²) in [6.45, 7) is 3.18. The Morgan fingerprint density at radius 1 is 1.36 bits per heavy atom. The first kappa shape index (κ1) is 17.4. The number of urea groups is 1. The van der Waals surface area contributed by atoms with Crippen molar-refractivity contribution in [3.8, 4) is 0 Å². The molecule has 1 aliphatic rings. The lowest BCUT2D eigenvalue weighted by Gasteiger charge is -2.09. The van der Waals surface area contributed by atoms with E-state index < -0.39 is 6.03 Å². The van der Waals surface area contributed by atoms with Gasteiger partial charge in [0.1, 0.15) is 5.69 Å². The van der Waals surface area contributed by atoms with E-state index in [-0.39, 0.29) is 17.7 Å². The normalized spacial score (nSPS) is 16.4. The first-order valence-corrected chi connectivity index (χ1v) is 8.98. The Balaban J connectivity index is 1.50. The molecule has 3 rings (SSSR count). The Morgan fingerprint density at radius 2 is 2.24 bits per heavy atom. The fourth-order valence-corrected chi connectivity index (χ4v) is 3.21. The molecule has 8 heteroatoms. The number of nitrogens with zero attached hydrogens (tertiary/aromatic N) is 1. The third kappa shape index (κ3) is 5.01. The highest BCUT2D eigenvalue weighted by Crippen LogP contribution is 2.17. The highest BCUT2D eigenvalue weighted by atomic mass is 32.1. The van der Waals surface area contributed by atoms with Gasteiger partial charge in [-0.3, -0.25) is 10.1 Å². The molecule has 7 nitrogen and oxygen atoms in total. The quantitative estimate of drug-likeness (QED) is 0.764. The van der Waals surface area contributed by atoms with Crippen molar-refractivity contribution >= 4 is 34.1 Å². The van der Waals surface area contributed by atoms with E-state index >= 15 is 0 Å². The smallest absolute Gasteiger partial charge is 0.325 e. The van der Waals surface area contributed by atoms with E-state index in [2.05, 4.69) is 20.9 Å². The number of ether oxygens (including phenoxy) is 1. The molecular weight excluding hydrogens is 340 g/mol. The highest BCUT2D eigenvalue weighted by Gasteiger charge is 2.18. The van der Waals surface area contributed by atoms with Crippen molar-refractivity contribution in [1.29, 1.82) is 0 Å². The first-order valence-electron chi connectivity index (χ1n) is 8.10. The molecule has 3 N–H and O–H groups in total. The molecule has 0 aliphatic carbocycles. The summed E-state index contributed by atoms with van der Waals surface area (Å²) in [6, 6.07) is 7.09. The summed E-state index contributed by atoms with van der Waals surface area (Å²) in [6.07, 6.45) is 2.07. The minimum atomic E-state index is -0.397. The highest BCUT2D eigenvalue weighted by molar-refractivity contribution is 7.14. The molecule has 3 amide bonds. The van der Waals surface area contributed by atoms with E-state index in [0.29, 0.717) is 17.4 Å². The van der Waals surface area contributed by atoms with Crippen molar-refractivity contribution in [3.05, 3.63) is 40.9 Å². The number of aryl methyl sites for hydroxylation is 1. The van der Waals surface area contributed by atoms with Crippen LogP contribution in [0.25, 0.3) is 0 Å². The van der Waals surface area contributed by atoms with Crippen LogP contribution in [0.3, 0.4) is 0 Å². The van der Waals surface area contributed by atoms with Crippen LogP contribution in [0.2, 0.25) is 0 Å². The van der Waals surface area contributed by atoms with Crippen LogP contribution in [0, 0.1) is 6.92 Å². The molecule has 2 heterocycles. The number of carbonyl (C=O) groups is 2. The van der Waals surface area contributed by atoms with Crippen molar-refractivity contribution < 1.29 is 14.3 Å². The van der Waals surface area contributed by atoms with Gasteiger partial charge in [0.15, 0.2) is 5.13 Å². The third-order valence-corrected chi connectivity index (χ3v) is 4.51. The molecule has 25 heavy (non-hydrogen) atoms. The maximum atomic E-state index is 12.1. The van der Waals surface area contributed by atoms with Gasteiger partial charge in [-0.25, -0.2) is 9.78 Å². The standard InChI is InChI=1S/C17H20N4O3S/c1-11-4-2-5-12(8-11)19-16(23)21-17-20-14(10-25-17)15(22)18-9-13-6-3-7-24-13/h2,4-5,8,10,13H,3,6-7,9H2,1H3,(H,18,22)(H2,19,20,21,23)/t13-/m0/s1. The van der Waals surface area contributed by atoms with Crippen LogP contribution in [-0.4, -0.2) is 36.2 Å². The number of benzene rings is 1. The van der Waals surface area contributed by atoms with Crippen LogP contribution >= 0.6 is 11.3 Å². The van der Waals surface area contributed by atoms with Gasteiger partial charge >= 0.3 is 6.03 Å². The minimum Gasteiger partial charge on any atom is -0.376 e. The second-order valence-electron chi connectivity index (χ2n) is 5.83. The zero-order chi connectivity index (χ0) is 17.6. The van der Waals surface area contributed by atoms with E-state index in [0.717, 1.165) is 25.0 Å². The van der Waals surface area contributed by atoms with Gasteiger partial charge in [0, 0.05) is 24.2 Å². The van der Waals surface area contributed by atoms with E-state index in [1.165, 1.54) is 11.3 Å². The van der Waals surface area contributed by atoms with E-state index in [1.54, 1.807) is 11.4 Å². The Morgan fingerprint density at radius 3 is 3.00 bits per heavy atom. The molecule has 0 radical (unpaired) electrons. The first-order chi connectivity index (χ1) is 12.1. The SMILES string of the molecule is Cc1cccc(NC(=O)Nc2nc(C(=O)NC[C@@H]3CCCO3)cs2)c1. The second-order valence-corrected chi connectivity index (χ2v) is 6.69. The predicted octanol–water partition coefficient (Wildman–Crippen LogP) is 3.00. The molecule has 1 saturated heterocycles. The van der Waals surface area contributed by atoms with Crippen LogP contribution in [0.5, 0.6) is 0 Å². The summed E-state index contributed by atoms with van der Waals surface area (Å²) in [7, 11) is 0. The average Bonchev–Trinajstić information content (AvgIpc) is 3.24. The number of carbonyl (C=O) groups excluding carboxylic acids is 2. The summed E-state index contributed by atoms with van der Waals surface area (Å²) in [5.74, 6) is -0.265. The second kappa shape index (κ2) is 8.09. The number of hydrogen-bond donors (Lipinski definition) is 3. The number of aromatic nitrogens is 1. The molecule has 0 unspecified atom stereocenters. The van der Waals surface area contributed by atoms with Gasteiger partial charge in [-0.1, -0.05) is 12.1 Å². The minimum absolute atomic E-state index is 0.0836. The average molecular weight is 360 g/mol. The van der Waals surface area contributed by atoms with Crippen molar-refractivity contribution in [1.82, 2.24) is 10.3 Å². The maximum Gasteiger partial charge on any atom is 0.325 e. The molecule has 1 aliphatic heterocycles. The number of hydrogen-bond acceptors (Lipinski definition) is 5. The number of thiazole rings is 1. The molecule has 1 atom stereocenters. The van der Waals surface area contributed by atoms with Gasteiger partial charge in [-0.2, -0.15) is 0 Å². The molecule has 2 aromatic rings. The molecule has 1 aromatic carbocycles. The lowest BCUT2D eigenvalue weighted by Crippen LogP contribution is -2.32. The van der Waals surface area contributed by atoms with Gasteiger partial charge in [-0.05, 0) is 37.5 Å². The Bertz CT molecular complexity index is 756. The lowest BCUT2D eigenvalue weighted by molar-refractivity contribution is 0.0854. The van der Waals surface area contributed by atoms with Crippen molar-refractivity contribution in [2.24, 2.45) is 0 Å². The van der Waals surface area contributed by atoms with Crippen LogP contribution in [-0.2, 0) is 4.74 Å². The Kier molecular flexibility index (Phi) is 5.62. The Labute approximate surface area is 149 Å². The summed E-state index contributed by atoms with van der Waals surface area (Å²) < 4.78 is 5.46. The molecule has 0 bridgehead atoms. The number of anilines is 2. The molecule has 0 spiro atoms. The molecule has 0 saturated carbocycles.